The minimum Gasteiger partial charge on any atom is -0.494 e. The second kappa shape index (κ2) is 7.67. The normalized spacial score (nSPS) is 20.0. The van der Waals surface area contributed by atoms with E-state index in [4.69, 9.17) is 4.74 Å². The van der Waals surface area contributed by atoms with E-state index in [0.29, 0.717) is 0 Å². The summed E-state index contributed by atoms with van der Waals surface area (Å²) in [7, 11) is 0. The molecule has 1 fully saturated rings. The van der Waals surface area contributed by atoms with Gasteiger partial charge in [-0.3, -0.25) is 0 Å². The van der Waals surface area contributed by atoms with Gasteiger partial charge in [-0.2, -0.15) is 0 Å². The Morgan fingerprint density at radius 2 is 2.16 bits per heavy atom. The third-order valence-corrected chi connectivity index (χ3v) is 6.19. The molecular weight excluding hydrogens is 330 g/mol. The van der Waals surface area contributed by atoms with Crippen LogP contribution in [0.4, 0.5) is 5.82 Å². The second-order valence-electron chi connectivity index (χ2n) is 6.87. The van der Waals surface area contributed by atoms with E-state index >= 15 is 0 Å². The van der Waals surface area contributed by atoms with E-state index in [9.17, 15) is 0 Å². The number of fused-ring (bicyclic) bond motifs is 1. The largest absolute Gasteiger partial charge is 0.494 e. The summed E-state index contributed by atoms with van der Waals surface area (Å²) in [5.74, 6) is 1.85. The Bertz CT molecular complexity index is 738. The van der Waals surface area contributed by atoms with E-state index in [1.807, 2.05) is 6.21 Å². The Morgan fingerprint density at radius 1 is 1.28 bits per heavy atom. The van der Waals surface area contributed by atoms with Crippen LogP contribution >= 0.6 is 11.3 Å². The fourth-order valence-corrected chi connectivity index (χ4v) is 4.58. The Kier molecular flexibility index (Phi) is 5.13. The molecule has 4 nitrogen and oxygen atoms in total. The summed E-state index contributed by atoms with van der Waals surface area (Å²) in [6.45, 7) is 5.50. The minimum atomic E-state index is 0.743. The fraction of sp³-hybridized carbons (Fsp3) is 0.500. The van der Waals surface area contributed by atoms with Crippen LogP contribution in [-0.4, -0.2) is 41.8 Å². The number of ether oxygens (including phenoxy) is 1. The first-order chi connectivity index (χ1) is 12.3. The average Bonchev–Trinajstić information content (AvgIpc) is 3.25. The lowest BCUT2D eigenvalue weighted by Gasteiger charge is -2.20. The molecule has 0 saturated carbocycles. The topological polar surface area (TPSA) is 37.7 Å². The lowest BCUT2D eigenvalue weighted by atomic mass is 10.2. The number of hydrogen-bond acceptors (Lipinski definition) is 5. The summed E-state index contributed by atoms with van der Waals surface area (Å²) in [6, 6.07) is 9.06. The van der Waals surface area contributed by atoms with E-state index < -0.39 is 0 Å². The highest BCUT2D eigenvalue weighted by Crippen LogP contribution is 2.35. The number of aromatic nitrogens is 1. The van der Waals surface area contributed by atoms with Crippen LogP contribution in [0.1, 0.15) is 37.5 Å². The maximum absolute atomic E-state index is 5.91. The van der Waals surface area contributed by atoms with E-state index in [1.165, 1.54) is 24.3 Å². The van der Waals surface area contributed by atoms with Gasteiger partial charge in [0.25, 0.3) is 0 Å². The van der Waals surface area contributed by atoms with Gasteiger partial charge >= 0.3 is 0 Å². The molecule has 2 aromatic rings. The van der Waals surface area contributed by atoms with Crippen LogP contribution in [0.15, 0.2) is 29.3 Å². The quantitative estimate of drug-likeness (QED) is 0.704. The van der Waals surface area contributed by atoms with Gasteiger partial charge in [0, 0.05) is 24.4 Å². The van der Waals surface area contributed by atoms with Crippen LogP contribution in [0.3, 0.4) is 0 Å². The van der Waals surface area contributed by atoms with Gasteiger partial charge < -0.3 is 9.64 Å². The van der Waals surface area contributed by atoms with Crippen molar-refractivity contribution in [3.63, 3.8) is 0 Å². The van der Waals surface area contributed by atoms with Gasteiger partial charge in [0.2, 0.25) is 0 Å². The van der Waals surface area contributed by atoms with Crippen LogP contribution in [0.5, 0.6) is 5.75 Å². The first-order valence-corrected chi connectivity index (χ1v) is 10.1. The number of thiazole rings is 1. The molecule has 4 rings (SSSR count). The third-order valence-electron chi connectivity index (χ3n) is 5.04. The van der Waals surface area contributed by atoms with Crippen molar-refractivity contribution < 1.29 is 4.74 Å². The molecule has 0 radical (unpaired) electrons. The van der Waals surface area contributed by atoms with Crippen molar-refractivity contribution in [1.82, 2.24) is 9.88 Å². The highest BCUT2D eigenvalue weighted by Gasteiger charge is 2.19. The molecule has 0 aliphatic carbocycles. The van der Waals surface area contributed by atoms with Crippen molar-refractivity contribution in [1.29, 1.82) is 0 Å². The minimum absolute atomic E-state index is 0.743. The van der Waals surface area contributed by atoms with Crippen LogP contribution in [-0.2, 0) is 6.42 Å². The van der Waals surface area contributed by atoms with Gasteiger partial charge in [0.1, 0.15) is 10.8 Å². The number of hydrogen-bond donors (Lipinski definition) is 0. The Hall–Kier alpha value is -1.72. The number of benzene rings is 1. The monoisotopic (exact) mass is 355 g/mol. The molecule has 5 heteroatoms. The summed E-state index contributed by atoms with van der Waals surface area (Å²) in [5, 5.41) is 1.05. The number of aliphatic imine (C=N–C) groups is 1. The van der Waals surface area contributed by atoms with Crippen LogP contribution < -0.4 is 4.74 Å². The molecule has 0 amide bonds. The molecule has 0 bridgehead atoms. The first kappa shape index (κ1) is 16.7. The summed E-state index contributed by atoms with van der Waals surface area (Å²) < 4.78 is 5.91. The molecule has 0 N–H and O–H groups in total. The molecule has 0 spiro atoms. The van der Waals surface area contributed by atoms with Gasteiger partial charge in [-0.15, -0.1) is 11.3 Å². The van der Waals surface area contributed by atoms with Crippen molar-refractivity contribution in [3.8, 4) is 16.3 Å². The highest BCUT2D eigenvalue weighted by molar-refractivity contribution is 7.15. The molecule has 2 aliphatic heterocycles. The smallest absolute Gasteiger partial charge is 0.166 e. The van der Waals surface area contributed by atoms with Crippen molar-refractivity contribution in [2.45, 2.75) is 45.1 Å². The standard InChI is InChI=1S/C20H25N3OS/c1-15-5-3-12-23(15)13-4-14-24-17-9-7-16(8-10-17)20-22-19-18(25-20)6-2-11-21-19/h7-11,15H,2-6,12-14H2,1H3. The van der Waals surface area contributed by atoms with Crippen molar-refractivity contribution >= 4 is 23.4 Å². The lowest BCUT2D eigenvalue weighted by Crippen LogP contribution is -2.28. The maximum Gasteiger partial charge on any atom is 0.166 e. The van der Waals surface area contributed by atoms with Gasteiger partial charge in [0.15, 0.2) is 5.82 Å². The number of nitrogens with zero attached hydrogens (tertiary/aromatic N) is 3. The molecule has 3 heterocycles. The lowest BCUT2D eigenvalue weighted by molar-refractivity contribution is 0.230. The van der Waals surface area contributed by atoms with E-state index in [0.717, 1.165) is 60.6 Å². The zero-order valence-corrected chi connectivity index (χ0v) is 15.6. The van der Waals surface area contributed by atoms with Gasteiger partial charge in [-0.25, -0.2) is 9.98 Å². The summed E-state index contributed by atoms with van der Waals surface area (Å²) in [5.41, 5.74) is 1.15. The average molecular weight is 356 g/mol. The van der Waals surface area contributed by atoms with Crippen molar-refractivity contribution in [3.05, 3.63) is 29.1 Å². The molecule has 1 aromatic carbocycles. The third kappa shape index (κ3) is 3.93. The summed E-state index contributed by atoms with van der Waals surface area (Å²) in [6.07, 6.45) is 7.82. The molecule has 132 valence electrons. The van der Waals surface area contributed by atoms with Crippen molar-refractivity contribution in [2.75, 3.05) is 19.7 Å². The van der Waals surface area contributed by atoms with E-state index in [-0.39, 0.29) is 0 Å². The molecular formula is C20H25N3OS. The molecule has 1 unspecified atom stereocenters. The number of aryl methyl sites for hydroxylation is 1. The Balaban J connectivity index is 1.30. The Labute approximate surface area is 153 Å². The first-order valence-electron chi connectivity index (χ1n) is 9.29. The van der Waals surface area contributed by atoms with Crippen LogP contribution in [0.2, 0.25) is 0 Å². The zero-order chi connectivity index (χ0) is 17.1. The molecule has 1 aromatic heterocycles. The SMILES string of the molecule is CC1CCCN1CCCOc1ccc(-c2nc3c(s2)CCC=N3)cc1. The fourth-order valence-electron chi connectivity index (χ4n) is 3.55. The molecule has 1 atom stereocenters. The molecule has 2 aliphatic rings. The van der Waals surface area contributed by atoms with E-state index in [2.05, 4.69) is 46.1 Å². The number of likely N-dealkylation sites (tertiary alicyclic amines) is 1. The second-order valence-corrected chi connectivity index (χ2v) is 7.95. The Morgan fingerprint density at radius 3 is 2.92 bits per heavy atom. The van der Waals surface area contributed by atoms with Crippen LogP contribution in [0.25, 0.3) is 10.6 Å². The van der Waals surface area contributed by atoms with Gasteiger partial charge in [-0.1, -0.05) is 0 Å². The highest BCUT2D eigenvalue weighted by atomic mass is 32.1. The summed E-state index contributed by atoms with van der Waals surface area (Å²) in [4.78, 5) is 12.9. The van der Waals surface area contributed by atoms with E-state index in [1.54, 1.807) is 11.3 Å². The van der Waals surface area contributed by atoms with Crippen LogP contribution in [0, 0.1) is 0 Å². The summed E-state index contributed by atoms with van der Waals surface area (Å²) >= 11 is 1.76. The zero-order valence-electron chi connectivity index (χ0n) is 14.8. The predicted molar refractivity (Wildman–Crippen MR) is 104 cm³/mol. The number of rotatable bonds is 6. The maximum atomic E-state index is 5.91. The predicted octanol–water partition coefficient (Wildman–Crippen LogP) is 4.71. The molecule has 1 saturated heterocycles. The molecule has 25 heavy (non-hydrogen) atoms. The van der Waals surface area contributed by atoms with Crippen molar-refractivity contribution in [2.24, 2.45) is 4.99 Å². The van der Waals surface area contributed by atoms with Gasteiger partial charge in [0.05, 0.1) is 11.5 Å². The van der Waals surface area contributed by atoms with Gasteiger partial charge in [-0.05, 0) is 69.8 Å².